The number of nitrogen functional groups attached to an aromatic ring is 1. The molecule has 18 heavy (non-hydrogen) atoms. The van der Waals surface area contributed by atoms with Crippen LogP contribution in [0.4, 0.5) is 5.69 Å². The molecule has 0 fully saturated rings. The number of anilines is 1. The van der Waals surface area contributed by atoms with Crippen molar-refractivity contribution in [1.29, 1.82) is 0 Å². The van der Waals surface area contributed by atoms with Crippen molar-refractivity contribution in [2.24, 2.45) is 0 Å². The minimum Gasteiger partial charge on any atom is -0.399 e. The molecule has 1 aromatic rings. The van der Waals surface area contributed by atoms with E-state index in [2.05, 4.69) is 31.3 Å². The molecule has 1 unspecified atom stereocenters. The Kier molecular flexibility index (Phi) is 3.93. The molecule has 0 saturated heterocycles. The van der Waals surface area contributed by atoms with E-state index in [1.54, 1.807) is 0 Å². The molecule has 0 aromatic heterocycles. The molecule has 3 heteroatoms. The molecular weight excluding hydrogens is 224 g/mol. The summed E-state index contributed by atoms with van der Waals surface area (Å²) in [5.41, 5.74) is 9.37. The lowest BCUT2D eigenvalue weighted by atomic mass is 10.1. The summed E-state index contributed by atoms with van der Waals surface area (Å²) in [4.78, 5) is 0. The Balaban J connectivity index is 1.98. The van der Waals surface area contributed by atoms with Crippen molar-refractivity contribution >= 4 is 5.69 Å². The van der Waals surface area contributed by atoms with Gasteiger partial charge in [-0.1, -0.05) is 6.07 Å². The van der Waals surface area contributed by atoms with Crippen LogP contribution < -0.4 is 11.1 Å². The van der Waals surface area contributed by atoms with Crippen LogP contribution in [0.2, 0.25) is 0 Å². The van der Waals surface area contributed by atoms with Gasteiger partial charge in [0, 0.05) is 24.9 Å². The van der Waals surface area contributed by atoms with Crippen molar-refractivity contribution in [3.63, 3.8) is 0 Å². The molecule has 3 nitrogen and oxygen atoms in total. The van der Waals surface area contributed by atoms with Gasteiger partial charge in [0.2, 0.25) is 0 Å². The quantitative estimate of drug-likeness (QED) is 0.788. The number of hydrogen-bond donors (Lipinski definition) is 2. The Hall–Kier alpha value is -1.06. The van der Waals surface area contributed by atoms with Gasteiger partial charge in [-0.05, 0) is 56.9 Å². The van der Waals surface area contributed by atoms with Gasteiger partial charge in [0.1, 0.15) is 0 Å². The first kappa shape index (κ1) is 13.4. The Morgan fingerprint density at radius 2 is 2.22 bits per heavy atom. The Morgan fingerprint density at radius 1 is 1.44 bits per heavy atom. The fraction of sp³-hybridized carbons (Fsp3) is 0.600. The van der Waals surface area contributed by atoms with Crippen LogP contribution in [0.3, 0.4) is 0 Å². The van der Waals surface area contributed by atoms with Crippen LogP contribution in [-0.2, 0) is 11.2 Å². The highest BCUT2D eigenvalue weighted by Crippen LogP contribution is 2.32. The van der Waals surface area contributed by atoms with Crippen LogP contribution in [0.25, 0.3) is 0 Å². The highest BCUT2D eigenvalue weighted by atomic mass is 16.5. The molecule has 3 N–H and O–H groups in total. The van der Waals surface area contributed by atoms with Crippen molar-refractivity contribution in [2.75, 3.05) is 18.9 Å². The highest BCUT2D eigenvalue weighted by Gasteiger charge is 2.25. The molecule has 0 saturated carbocycles. The number of nitrogens with two attached hydrogens (primary N) is 1. The van der Waals surface area contributed by atoms with Crippen molar-refractivity contribution in [1.82, 2.24) is 5.32 Å². The third-order valence-electron chi connectivity index (χ3n) is 3.55. The molecule has 0 heterocycles. The topological polar surface area (TPSA) is 47.3 Å². The summed E-state index contributed by atoms with van der Waals surface area (Å²) < 4.78 is 5.71. The van der Waals surface area contributed by atoms with Gasteiger partial charge in [-0.2, -0.15) is 0 Å². The van der Waals surface area contributed by atoms with Crippen molar-refractivity contribution in [2.45, 2.75) is 45.3 Å². The first-order valence-electron chi connectivity index (χ1n) is 6.77. The molecule has 1 aliphatic rings. The molecule has 0 aliphatic heterocycles. The van der Waals surface area contributed by atoms with E-state index >= 15 is 0 Å². The molecule has 1 aliphatic carbocycles. The number of nitrogens with one attached hydrogen (secondary N) is 1. The van der Waals surface area contributed by atoms with E-state index in [0.29, 0.717) is 6.04 Å². The molecule has 0 spiro atoms. The largest absolute Gasteiger partial charge is 0.399 e. The smallest absolute Gasteiger partial charge is 0.0750 e. The minimum absolute atomic E-state index is 0.106. The lowest BCUT2D eigenvalue weighted by molar-refractivity contribution is -0.0106. The molecular formula is C15H24N2O. The second kappa shape index (κ2) is 5.29. The number of ether oxygens (including phenoxy) is 1. The Bertz CT molecular complexity index is 415. The molecule has 0 bridgehead atoms. The minimum atomic E-state index is -0.106. The molecule has 1 atom stereocenters. The van der Waals surface area contributed by atoms with E-state index in [1.807, 2.05) is 13.0 Å². The van der Waals surface area contributed by atoms with Gasteiger partial charge in [-0.15, -0.1) is 0 Å². The number of benzene rings is 1. The lowest BCUT2D eigenvalue weighted by Crippen LogP contribution is -2.38. The van der Waals surface area contributed by atoms with E-state index in [9.17, 15) is 0 Å². The summed E-state index contributed by atoms with van der Waals surface area (Å²) in [6, 6.07) is 6.69. The number of rotatable bonds is 5. The average Bonchev–Trinajstić information content (AvgIpc) is 2.68. The van der Waals surface area contributed by atoms with Gasteiger partial charge in [-0.3, -0.25) is 0 Å². The predicted octanol–water partition coefficient (Wildman–Crippen LogP) is 2.66. The molecule has 0 amide bonds. The maximum atomic E-state index is 5.82. The summed E-state index contributed by atoms with van der Waals surface area (Å²) >= 11 is 0. The first-order chi connectivity index (χ1) is 8.52. The van der Waals surface area contributed by atoms with Gasteiger partial charge < -0.3 is 15.8 Å². The van der Waals surface area contributed by atoms with Crippen molar-refractivity contribution in [3.8, 4) is 0 Å². The number of fused-ring (bicyclic) bond motifs is 1. The van der Waals surface area contributed by atoms with E-state index < -0.39 is 0 Å². The summed E-state index contributed by atoms with van der Waals surface area (Å²) in [6.07, 6.45) is 2.27. The standard InChI is InChI=1S/C15H24N2O/c1-4-18-15(2,3)10-17-14-8-5-11-9-12(16)6-7-13(11)14/h6-7,9,14,17H,4-5,8,10,16H2,1-3H3. The fourth-order valence-electron chi connectivity index (χ4n) is 2.66. The number of aryl methyl sites for hydroxylation is 1. The van der Waals surface area contributed by atoms with Crippen LogP contribution in [0.1, 0.15) is 44.4 Å². The third-order valence-corrected chi connectivity index (χ3v) is 3.55. The van der Waals surface area contributed by atoms with E-state index in [1.165, 1.54) is 11.1 Å². The van der Waals surface area contributed by atoms with E-state index in [0.717, 1.165) is 31.7 Å². The SMILES string of the molecule is CCOC(C)(C)CNC1CCc2cc(N)ccc21. The van der Waals surface area contributed by atoms with Gasteiger partial charge in [-0.25, -0.2) is 0 Å². The van der Waals surface area contributed by atoms with Crippen molar-refractivity contribution in [3.05, 3.63) is 29.3 Å². The molecule has 0 radical (unpaired) electrons. The monoisotopic (exact) mass is 248 g/mol. The van der Waals surface area contributed by atoms with Crippen LogP contribution in [0.15, 0.2) is 18.2 Å². The van der Waals surface area contributed by atoms with Crippen LogP contribution in [0, 0.1) is 0 Å². The van der Waals surface area contributed by atoms with Gasteiger partial charge in [0.05, 0.1) is 5.60 Å². The van der Waals surface area contributed by atoms with E-state index in [4.69, 9.17) is 10.5 Å². The fourth-order valence-corrected chi connectivity index (χ4v) is 2.66. The van der Waals surface area contributed by atoms with Crippen molar-refractivity contribution < 1.29 is 4.74 Å². The second-order valence-corrected chi connectivity index (χ2v) is 5.62. The zero-order chi connectivity index (χ0) is 13.2. The lowest BCUT2D eigenvalue weighted by Gasteiger charge is -2.27. The Morgan fingerprint density at radius 3 is 2.94 bits per heavy atom. The predicted molar refractivity (Wildman–Crippen MR) is 75.6 cm³/mol. The summed E-state index contributed by atoms with van der Waals surface area (Å²) in [5.74, 6) is 0. The average molecular weight is 248 g/mol. The molecule has 2 rings (SSSR count). The third kappa shape index (κ3) is 3.03. The van der Waals surface area contributed by atoms with Gasteiger partial charge in [0.25, 0.3) is 0 Å². The van der Waals surface area contributed by atoms with Crippen LogP contribution in [0.5, 0.6) is 0 Å². The van der Waals surface area contributed by atoms with E-state index in [-0.39, 0.29) is 5.60 Å². The summed E-state index contributed by atoms with van der Waals surface area (Å²) in [6.45, 7) is 7.92. The summed E-state index contributed by atoms with van der Waals surface area (Å²) in [7, 11) is 0. The first-order valence-corrected chi connectivity index (χ1v) is 6.77. The van der Waals surface area contributed by atoms with Gasteiger partial charge >= 0.3 is 0 Å². The molecule has 100 valence electrons. The normalized spacial score (nSPS) is 18.9. The maximum Gasteiger partial charge on any atom is 0.0750 e. The van der Waals surface area contributed by atoms with Crippen LogP contribution in [-0.4, -0.2) is 18.8 Å². The Labute approximate surface area is 110 Å². The zero-order valence-corrected chi connectivity index (χ0v) is 11.6. The highest BCUT2D eigenvalue weighted by molar-refractivity contribution is 5.47. The molecule has 1 aromatic carbocycles. The zero-order valence-electron chi connectivity index (χ0n) is 11.6. The maximum absolute atomic E-state index is 5.82. The van der Waals surface area contributed by atoms with Gasteiger partial charge in [0.15, 0.2) is 0 Å². The summed E-state index contributed by atoms with van der Waals surface area (Å²) in [5, 5.41) is 3.62. The number of hydrogen-bond acceptors (Lipinski definition) is 3. The second-order valence-electron chi connectivity index (χ2n) is 5.62. The van der Waals surface area contributed by atoms with Crippen LogP contribution >= 0.6 is 0 Å².